The third kappa shape index (κ3) is 1.81. The second-order valence-corrected chi connectivity index (χ2v) is 6.57. The molecule has 0 saturated heterocycles. The monoisotopic (exact) mass is 363 g/mol. The second-order valence-electron chi connectivity index (χ2n) is 4.34. The van der Waals surface area contributed by atoms with E-state index < -0.39 is 0 Å². The number of rotatable bonds is 0. The van der Waals surface area contributed by atoms with E-state index in [0.717, 1.165) is 26.9 Å². The standard InChI is InChI=1S/C14H7BrClN3S/c15-14-18-17-13-9-3-1-2-4-11(9)20-12-6-5-8(16)7-10(12)19(13)14/h1-7H. The predicted molar refractivity (Wildman–Crippen MR) is 83.6 cm³/mol. The van der Waals surface area contributed by atoms with E-state index in [-0.39, 0.29) is 0 Å². The Balaban J connectivity index is 2.13. The molecule has 1 aliphatic heterocycles. The van der Waals surface area contributed by atoms with Crippen LogP contribution in [0, 0.1) is 0 Å². The molecule has 0 spiro atoms. The van der Waals surface area contributed by atoms with Crippen LogP contribution in [0.15, 0.2) is 57.0 Å². The summed E-state index contributed by atoms with van der Waals surface area (Å²) in [4.78, 5) is 2.29. The van der Waals surface area contributed by atoms with Crippen LogP contribution in [0.5, 0.6) is 0 Å². The van der Waals surface area contributed by atoms with Crippen molar-refractivity contribution in [1.82, 2.24) is 14.8 Å². The topological polar surface area (TPSA) is 30.7 Å². The van der Waals surface area contributed by atoms with Crippen molar-refractivity contribution in [3.8, 4) is 17.1 Å². The highest BCUT2D eigenvalue weighted by molar-refractivity contribution is 9.10. The van der Waals surface area contributed by atoms with Crippen LogP contribution in [0.1, 0.15) is 0 Å². The SMILES string of the molecule is Clc1ccc2c(c1)-n1c(Br)nnc1-c1ccccc1S2. The number of hydrogen-bond donors (Lipinski definition) is 0. The Morgan fingerprint density at radius 1 is 1.05 bits per heavy atom. The summed E-state index contributed by atoms with van der Waals surface area (Å²) in [5, 5.41) is 9.14. The quantitative estimate of drug-likeness (QED) is 0.448. The molecule has 0 saturated carbocycles. The summed E-state index contributed by atoms with van der Waals surface area (Å²) >= 11 is 11.3. The number of nitrogens with zero attached hydrogens (tertiary/aromatic N) is 3. The molecule has 1 aliphatic rings. The fraction of sp³-hybridized carbons (Fsp3) is 0. The number of benzene rings is 2. The predicted octanol–water partition coefficient (Wildman–Crippen LogP) is 4.81. The maximum absolute atomic E-state index is 6.15. The molecule has 0 amide bonds. The fourth-order valence-corrected chi connectivity index (χ4v) is 3.91. The first kappa shape index (κ1) is 12.4. The Morgan fingerprint density at radius 3 is 2.80 bits per heavy atom. The highest BCUT2D eigenvalue weighted by Crippen LogP contribution is 2.44. The van der Waals surface area contributed by atoms with E-state index in [9.17, 15) is 0 Å². The molecule has 0 N–H and O–H groups in total. The molecule has 2 heterocycles. The minimum Gasteiger partial charge on any atom is -0.268 e. The molecule has 4 rings (SSSR count). The molecule has 0 fully saturated rings. The van der Waals surface area contributed by atoms with Gasteiger partial charge in [0.25, 0.3) is 0 Å². The summed E-state index contributed by atoms with van der Waals surface area (Å²) in [6, 6.07) is 14.1. The summed E-state index contributed by atoms with van der Waals surface area (Å²) in [6.45, 7) is 0. The summed E-state index contributed by atoms with van der Waals surface area (Å²) in [5.41, 5.74) is 2.06. The van der Waals surface area contributed by atoms with E-state index in [4.69, 9.17) is 11.6 Å². The number of aromatic nitrogens is 3. The highest BCUT2D eigenvalue weighted by Gasteiger charge is 2.23. The van der Waals surface area contributed by atoms with E-state index in [1.165, 1.54) is 0 Å². The molecule has 0 atom stereocenters. The normalized spacial score (nSPS) is 12.3. The van der Waals surface area contributed by atoms with Gasteiger partial charge in [-0.15, -0.1) is 10.2 Å². The van der Waals surface area contributed by atoms with E-state index in [0.29, 0.717) is 9.76 Å². The Hall–Kier alpha value is -1.30. The molecule has 0 radical (unpaired) electrons. The Kier molecular flexibility index (Phi) is 2.87. The molecule has 0 aliphatic carbocycles. The van der Waals surface area contributed by atoms with Crippen LogP contribution in [0.2, 0.25) is 5.02 Å². The van der Waals surface area contributed by atoms with Crippen molar-refractivity contribution in [2.24, 2.45) is 0 Å². The molecule has 0 bridgehead atoms. The smallest absolute Gasteiger partial charge is 0.205 e. The summed E-state index contributed by atoms with van der Waals surface area (Å²) in [5.74, 6) is 0.820. The second kappa shape index (κ2) is 4.62. The van der Waals surface area contributed by atoms with Gasteiger partial charge in [0.05, 0.1) is 5.69 Å². The van der Waals surface area contributed by atoms with Gasteiger partial charge >= 0.3 is 0 Å². The summed E-state index contributed by atoms with van der Waals surface area (Å²) in [7, 11) is 0. The molecular formula is C14H7BrClN3S. The molecule has 20 heavy (non-hydrogen) atoms. The lowest BCUT2D eigenvalue weighted by atomic mass is 10.2. The molecule has 6 heteroatoms. The van der Waals surface area contributed by atoms with Crippen LogP contribution < -0.4 is 0 Å². The average molecular weight is 365 g/mol. The largest absolute Gasteiger partial charge is 0.268 e. The first-order chi connectivity index (χ1) is 9.74. The van der Waals surface area contributed by atoms with E-state index in [1.54, 1.807) is 11.8 Å². The number of halogens is 2. The maximum Gasteiger partial charge on any atom is 0.205 e. The van der Waals surface area contributed by atoms with Crippen LogP contribution in [-0.4, -0.2) is 14.8 Å². The molecule has 2 aromatic carbocycles. The Bertz CT molecular complexity index is 831. The van der Waals surface area contributed by atoms with Crippen LogP contribution in [0.4, 0.5) is 0 Å². The maximum atomic E-state index is 6.15. The zero-order valence-electron chi connectivity index (χ0n) is 10.0. The van der Waals surface area contributed by atoms with Crippen molar-refractivity contribution in [3.63, 3.8) is 0 Å². The van der Waals surface area contributed by atoms with Gasteiger partial charge in [-0.3, -0.25) is 4.57 Å². The number of hydrogen-bond acceptors (Lipinski definition) is 3. The van der Waals surface area contributed by atoms with Gasteiger partial charge in [0.2, 0.25) is 4.73 Å². The lowest BCUT2D eigenvalue weighted by molar-refractivity contribution is 0.992. The van der Waals surface area contributed by atoms with E-state index in [2.05, 4.69) is 38.3 Å². The van der Waals surface area contributed by atoms with Crippen molar-refractivity contribution in [1.29, 1.82) is 0 Å². The number of fused-ring (bicyclic) bond motifs is 5. The Morgan fingerprint density at radius 2 is 1.90 bits per heavy atom. The average Bonchev–Trinajstić information content (AvgIpc) is 2.76. The van der Waals surface area contributed by atoms with Crippen molar-refractivity contribution < 1.29 is 0 Å². The molecule has 3 aromatic rings. The van der Waals surface area contributed by atoms with Crippen LogP contribution in [-0.2, 0) is 0 Å². The van der Waals surface area contributed by atoms with Gasteiger partial charge in [-0.05, 0) is 40.2 Å². The van der Waals surface area contributed by atoms with Crippen LogP contribution in [0.25, 0.3) is 17.1 Å². The van der Waals surface area contributed by atoms with Crippen LogP contribution >= 0.6 is 39.3 Å². The lowest BCUT2D eigenvalue weighted by Gasteiger charge is -2.08. The minimum atomic E-state index is 0.674. The van der Waals surface area contributed by atoms with Gasteiger partial charge < -0.3 is 0 Å². The van der Waals surface area contributed by atoms with E-state index in [1.807, 2.05) is 34.9 Å². The third-order valence-corrected chi connectivity index (χ3v) is 5.02. The van der Waals surface area contributed by atoms with Gasteiger partial charge in [0.1, 0.15) is 0 Å². The summed E-state index contributed by atoms with van der Waals surface area (Å²) < 4.78 is 2.66. The Labute approximate surface area is 133 Å². The summed E-state index contributed by atoms with van der Waals surface area (Å²) in [6.07, 6.45) is 0. The zero-order valence-corrected chi connectivity index (χ0v) is 13.2. The molecule has 0 unspecified atom stereocenters. The van der Waals surface area contributed by atoms with E-state index >= 15 is 0 Å². The lowest BCUT2D eigenvalue weighted by Crippen LogP contribution is -1.98. The van der Waals surface area contributed by atoms with Gasteiger partial charge in [0.15, 0.2) is 5.82 Å². The van der Waals surface area contributed by atoms with Gasteiger partial charge in [0, 0.05) is 20.4 Å². The zero-order chi connectivity index (χ0) is 13.7. The van der Waals surface area contributed by atoms with Gasteiger partial charge in [-0.1, -0.05) is 41.6 Å². The fourth-order valence-electron chi connectivity index (χ4n) is 2.26. The molecular weight excluding hydrogens is 358 g/mol. The molecule has 1 aromatic heterocycles. The first-order valence-corrected chi connectivity index (χ1v) is 7.91. The van der Waals surface area contributed by atoms with Crippen molar-refractivity contribution in [2.75, 3.05) is 0 Å². The minimum absolute atomic E-state index is 0.674. The highest BCUT2D eigenvalue weighted by atomic mass is 79.9. The van der Waals surface area contributed by atoms with Gasteiger partial charge in [-0.2, -0.15) is 0 Å². The van der Waals surface area contributed by atoms with Crippen molar-refractivity contribution in [3.05, 3.63) is 52.2 Å². The van der Waals surface area contributed by atoms with Crippen molar-refractivity contribution in [2.45, 2.75) is 9.79 Å². The first-order valence-electron chi connectivity index (χ1n) is 5.92. The van der Waals surface area contributed by atoms with Gasteiger partial charge in [-0.25, -0.2) is 0 Å². The van der Waals surface area contributed by atoms with Crippen molar-refractivity contribution >= 4 is 39.3 Å². The molecule has 3 nitrogen and oxygen atoms in total. The van der Waals surface area contributed by atoms with Crippen LogP contribution in [0.3, 0.4) is 0 Å². The third-order valence-electron chi connectivity index (χ3n) is 3.13. The molecule has 98 valence electrons.